The van der Waals surface area contributed by atoms with Crippen molar-refractivity contribution in [2.75, 3.05) is 0 Å². The van der Waals surface area contributed by atoms with Crippen LogP contribution < -0.4 is 0 Å². The van der Waals surface area contributed by atoms with E-state index in [1.165, 1.54) is 10.8 Å². The quantitative estimate of drug-likeness (QED) is 0.575. The predicted molar refractivity (Wildman–Crippen MR) is 84.0 cm³/mol. The van der Waals surface area contributed by atoms with Crippen molar-refractivity contribution in [3.05, 3.63) is 66.4 Å². The van der Waals surface area contributed by atoms with Crippen LogP contribution in [0.1, 0.15) is 18.2 Å². The van der Waals surface area contributed by atoms with E-state index >= 15 is 0 Å². The number of fused-ring (bicyclic) bond motifs is 3. The molecule has 3 rings (SSSR count). The molecule has 0 radical (unpaired) electrons. The molecule has 1 nitrogen and oxygen atoms in total. The monoisotopic (exact) mass is 245 g/mol. The molecule has 0 spiro atoms. The molecule has 0 fully saturated rings. The molecule has 1 heteroatoms. The summed E-state index contributed by atoms with van der Waals surface area (Å²) in [6.07, 6.45) is 5.89. The minimum Gasteiger partial charge on any atom is -0.247 e. The van der Waals surface area contributed by atoms with Crippen LogP contribution in [0.4, 0.5) is 0 Å². The van der Waals surface area contributed by atoms with Gasteiger partial charge in [0.15, 0.2) is 0 Å². The molecular weight excluding hydrogens is 230 g/mol. The van der Waals surface area contributed by atoms with Crippen molar-refractivity contribution in [3.8, 4) is 0 Å². The Morgan fingerprint density at radius 3 is 2.63 bits per heavy atom. The van der Waals surface area contributed by atoms with E-state index in [9.17, 15) is 0 Å². The van der Waals surface area contributed by atoms with Gasteiger partial charge in [-0.15, -0.1) is 0 Å². The van der Waals surface area contributed by atoms with E-state index in [0.717, 1.165) is 22.2 Å². The van der Waals surface area contributed by atoms with Crippen molar-refractivity contribution >= 4 is 33.8 Å². The van der Waals surface area contributed by atoms with Crippen LogP contribution >= 0.6 is 0 Å². The molecule has 92 valence electrons. The molecule has 3 aromatic rings. The molecule has 0 amide bonds. The van der Waals surface area contributed by atoms with Gasteiger partial charge in [0.2, 0.25) is 0 Å². The first-order valence-electron chi connectivity index (χ1n) is 6.41. The number of benzene rings is 2. The lowest BCUT2D eigenvalue weighted by molar-refractivity contribution is 1.36. The Morgan fingerprint density at radius 1 is 1.05 bits per heavy atom. The second-order valence-electron chi connectivity index (χ2n) is 4.53. The first-order chi connectivity index (χ1) is 9.33. The third-order valence-corrected chi connectivity index (χ3v) is 3.32. The van der Waals surface area contributed by atoms with E-state index < -0.39 is 0 Å². The molecule has 0 atom stereocenters. The smallest absolute Gasteiger partial charge is 0.0788 e. The number of rotatable bonds is 2. The Hall–Kier alpha value is -2.41. The van der Waals surface area contributed by atoms with Gasteiger partial charge in [-0.2, -0.15) is 0 Å². The first-order valence-corrected chi connectivity index (χ1v) is 6.41. The second-order valence-corrected chi connectivity index (χ2v) is 4.53. The average molecular weight is 245 g/mol. The van der Waals surface area contributed by atoms with Crippen LogP contribution in [0.3, 0.4) is 0 Å². The highest BCUT2D eigenvalue weighted by Gasteiger charge is 2.05. The lowest BCUT2D eigenvalue weighted by Gasteiger charge is -2.07. The number of hydrogen-bond acceptors (Lipinski definition) is 1. The zero-order chi connectivity index (χ0) is 13.2. The van der Waals surface area contributed by atoms with Crippen molar-refractivity contribution in [1.82, 2.24) is 4.98 Å². The molecule has 1 heterocycles. The van der Waals surface area contributed by atoms with Crippen LogP contribution in [0.2, 0.25) is 0 Å². The van der Waals surface area contributed by atoms with Gasteiger partial charge >= 0.3 is 0 Å². The number of aromatic nitrogens is 1. The Bertz CT molecular complexity index is 797. The summed E-state index contributed by atoms with van der Waals surface area (Å²) in [6, 6.07) is 14.8. The van der Waals surface area contributed by atoms with Crippen molar-refractivity contribution in [3.63, 3.8) is 0 Å². The van der Waals surface area contributed by atoms with Gasteiger partial charge in [0, 0.05) is 16.3 Å². The highest BCUT2D eigenvalue weighted by atomic mass is 14.7. The van der Waals surface area contributed by atoms with Gasteiger partial charge in [-0.1, -0.05) is 55.1 Å². The highest BCUT2D eigenvalue weighted by Crippen LogP contribution is 2.26. The summed E-state index contributed by atoms with van der Waals surface area (Å²) in [5.74, 6) is 0. The molecule has 19 heavy (non-hydrogen) atoms. The second kappa shape index (κ2) is 4.69. The average Bonchev–Trinajstić information content (AvgIpc) is 2.47. The van der Waals surface area contributed by atoms with E-state index in [-0.39, 0.29) is 0 Å². The molecular formula is C18H15N. The van der Waals surface area contributed by atoms with Crippen molar-refractivity contribution in [2.24, 2.45) is 0 Å². The normalized spacial score (nSPS) is 11.4. The summed E-state index contributed by atoms with van der Waals surface area (Å²) in [5, 5.41) is 3.57. The molecule has 2 aromatic carbocycles. The highest BCUT2D eigenvalue weighted by molar-refractivity contribution is 6.05. The minimum absolute atomic E-state index is 0.973. The molecule has 0 bridgehead atoms. The van der Waals surface area contributed by atoms with Crippen LogP contribution in [0.25, 0.3) is 33.8 Å². The lowest BCUT2D eigenvalue weighted by Crippen LogP contribution is -1.90. The summed E-state index contributed by atoms with van der Waals surface area (Å²) in [4.78, 5) is 4.81. The SMILES string of the molecule is C=Cc1cc2ccc3ccccc3c2nc1/C=C\C. The van der Waals surface area contributed by atoms with Gasteiger partial charge in [-0.25, -0.2) is 4.98 Å². The maximum Gasteiger partial charge on any atom is 0.0788 e. The molecule has 0 aliphatic carbocycles. The summed E-state index contributed by atoms with van der Waals surface area (Å²) in [5.41, 5.74) is 3.10. The van der Waals surface area contributed by atoms with Gasteiger partial charge in [0.25, 0.3) is 0 Å². The lowest BCUT2D eigenvalue weighted by atomic mass is 10.0. The third-order valence-electron chi connectivity index (χ3n) is 3.32. The number of nitrogens with zero attached hydrogens (tertiary/aromatic N) is 1. The largest absolute Gasteiger partial charge is 0.247 e. The minimum atomic E-state index is 0.973. The molecule has 0 saturated carbocycles. The van der Waals surface area contributed by atoms with Crippen LogP contribution in [0.5, 0.6) is 0 Å². The van der Waals surface area contributed by atoms with Crippen LogP contribution in [-0.4, -0.2) is 4.98 Å². The van der Waals surface area contributed by atoms with Crippen molar-refractivity contribution < 1.29 is 0 Å². The summed E-state index contributed by atoms with van der Waals surface area (Å²) >= 11 is 0. The van der Waals surface area contributed by atoms with Crippen LogP contribution in [0.15, 0.2) is 55.1 Å². The topological polar surface area (TPSA) is 12.9 Å². The number of allylic oxidation sites excluding steroid dienone is 1. The van der Waals surface area contributed by atoms with Crippen molar-refractivity contribution in [1.29, 1.82) is 0 Å². The van der Waals surface area contributed by atoms with Crippen LogP contribution in [-0.2, 0) is 0 Å². The number of hydrogen-bond donors (Lipinski definition) is 0. The molecule has 0 saturated heterocycles. The third kappa shape index (κ3) is 1.93. The van der Waals surface area contributed by atoms with Gasteiger partial charge in [-0.3, -0.25) is 0 Å². The summed E-state index contributed by atoms with van der Waals surface area (Å²) in [7, 11) is 0. The van der Waals surface area contributed by atoms with E-state index in [1.54, 1.807) is 0 Å². The van der Waals surface area contributed by atoms with Crippen LogP contribution in [0, 0.1) is 0 Å². The first kappa shape index (κ1) is 11.7. The fourth-order valence-corrected chi connectivity index (χ4v) is 2.39. The van der Waals surface area contributed by atoms with Gasteiger partial charge in [0.05, 0.1) is 11.2 Å². The van der Waals surface area contributed by atoms with Gasteiger partial charge < -0.3 is 0 Å². The Kier molecular flexibility index (Phi) is 2.88. The molecule has 0 N–H and O–H groups in total. The number of pyridine rings is 1. The molecule has 1 aromatic heterocycles. The Labute approximate surface area is 112 Å². The predicted octanol–water partition coefficient (Wildman–Crippen LogP) is 5.06. The fourth-order valence-electron chi connectivity index (χ4n) is 2.39. The zero-order valence-electron chi connectivity index (χ0n) is 10.9. The van der Waals surface area contributed by atoms with Gasteiger partial charge in [0.1, 0.15) is 0 Å². The zero-order valence-corrected chi connectivity index (χ0v) is 10.9. The summed E-state index contributed by atoms with van der Waals surface area (Å²) < 4.78 is 0. The van der Waals surface area contributed by atoms with Gasteiger partial charge in [-0.05, 0) is 24.5 Å². The van der Waals surface area contributed by atoms with Crippen molar-refractivity contribution in [2.45, 2.75) is 6.92 Å². The summed E-state index contributed by atoms with van der Waals surface area (Å²) in [6.45, 7) is 5.87. The van der Waals surface area contributed by atoms with E-state index in [0.29, 0.717) is 0 Å². The molecule has 0 aliphatic rings. The maximum atomic E-state index is 4.81. The molecule has 0 aliphatic heterocycles. The maximum absolute atomic E-state index is 4.81. The van der Waals surface area contributed by atoms with E-state index in [1.807, 2.05) is 25.2 Å². The van der Waals surface area contributed by atoms with E-state index in [2.05, 4.69) is 49.0 Å². The van der Waals surface area contributed by atoms with E-state index in [4.69, 9.17) is 4.98 Å². The fraction of sp³-hybridized carbons (Fsp3) is 0.0556. The molecule has 0 unspecified atom stereocenters. The Morgan fingerprint density at radius 2 is 1.84 bits per heavy atom. The standard InChI is InChI=1S/C18H15N/c1-3-7-17-13(4-2)12-15-11-10-14-8-5-6-9-16(14)18(15)19-17/h3-12H,2H2,1H3/b7-3-. The Balaban J connectivity index is 2.45.